The van der Waals surface area contributed by atoms with Gasteiger partial charge in [0.05, 0.1) is 30.9 Å². The van der Waals surface area contributed by atoms with Gasteiger partial charge in [0.2, 0.25) is 10.0 Å². The van der Waals surface area contributed by atoms with Crippen LogP contribution in [0.3, 0.4) is 0 Å². The molecule has 1 heterocycles. The van der Waals surface area contributed by atoms with Gasteiger partial charge in [-0.3, -0.25) is 4.79 Å². The topological polar surface area (TPSA) is 94.2 Å². The van der Waals surface area contributed by atoms with E-state index in [4.69, 9.17) is 14.2 Å². The quantitative estimate of drug-likeness (QED) is 0.720. The number of fused-ring (bicyclic) bond motifs is 1. The van der Waals surface area contributed by atoms with Gasteiger partial charge < -0.3 is 19.5 Å². The molecule has 30 heavy (non-hydrogen) atoms. The maximum absolute atomic E-state index is 12.8. The third-order valence-electron chi connectivity index (χ3n) is 4.77. The van der Waals surface area contributed by atoms with E-state index in [-0.39, 0.29) is 10.6 Å². The summed E-state index contributed by atoms with van der Waals surface area (Å²) in [4.78, 5) is 12.9. The summed E-state index contributed by atoms with van der Waals surface area (Å²) < 4.78 is 43.5. The van der Waals surface area contributed by atoms with Gasteiger partial charge in [-0.15, -0.1) is 0 Å². The molecule has 3 rings (SSSR count). The Labute approximate surface area is 176 Å². The zero-order chi connectivity index (χ0) is 21.7. The number of nitrogens with one attached hydrogen (secondary N) is 1. The highest BCUT2D eigenvalue weighted by molar-refractivity contribution is 7.89. The first-order valence-electron chi connectivity index (χ1n) is 9.79. The van der Waals surface area contributed by atoms with Gasteiger partial charge in [0.1, 0.15) is 5.75 Å². The van der Waals surface area contributed by atoms with E-state index in [1.54, 1.807) is 32.0 Å². The monoisotopic (exact) mass is 434 g/mol. The second-order valence-corrected chi connectivity index (χ2v) is 8.56. The first kappa shape index (κ1) is 21.9. The zero-order valence-corrected chi connectivity index (χ0v) is 18.1. The summed E-state index contributed by atoms with van der Waals surface area (Å²) in [5.74, 6) is 1.04. The Kier molecular flexibility index (Phi) is 6.84. The number of ether oxygens (including phenoxy) is 3. The smallest absolute Gasteiger partial charge is 0.255 e. The summed E-state index contributed by atoms with van der Waals surface area (Å²) in [6.07, 6.45) is 0.765. The number of benzene rings is 2. The minimum Gasteiger partial charge on any atom is -0.495 e. The van der Waals surface area contributed by atoms with Crippen molar-refractivity contribution in [3.63, 3.8) is 0 Å². The first-order valence-corrected chi connectivity index (χ1v) is 11.2. The van der Waals surface area contributed by atoms with Crippen LogP contribution in [0.5, 0.6) is 17.2 Å². The van der Waals surface area contributed by atoms with Gasteiger partial charge in [0, 0.05) is 25.1 Å². The number of amides is 1. The van der Waals surface area contributed by atoms with Gasteiger partial charge >= 0.3 is 0 Å². The molecule has 0 aliphatic carbocycles. The lowest BCUT2D eigenvalue weighted by Crippen LogP contribution is -2.30. The molecule has 8 nitrogen and oxygen atoms in total. The van der Waals surface area contributed by atoms with Gasteiger partial charge in [-0.2, -0.15) is 4.31 Å². The molecule has 0 bridgehead atoms. The van der Waals surface area contributed by atoms with Crippen LogP contribution in [0.15, 0.2) is 41.3 Å². The second-order valence-electron chi connectivity index (χ2n) is 6.62. The van der Waals surface area contributed by atoms with E-state index in [0.717, 1.165) is 6.42 Å². The normalized spacial score (nSPS) is 13.6. The number of hydrogen-bond donors (Lipinski definition) is 1. The Bertz CT molecular complexity index is 1020. The maximum Gasteiger partial charge on any atom is 0.255 e. The molecule has 0 fully saturated rings. The number of methoxy groups -OCH3 is 1. The average molecular weight is 435 g/mol. The van der Waals surface area contributed by atoms with Crippen LogP contribution in [0.2, 0.25) is 0 Å². The SMILES string of the molecule is CCN(CC)S(=O)(=O)c1ccc(OC)c(NC(=O)c2ccc3c(c2)OCCCO3)c1. The molecule has 1 N–H and O–H groups in total. The van der Waals surface area contributed by atoms with E-state index >= 15 is 0 Å². The summed E-state index contributed by atoms with van der Waals surface area (Å²) >= 11 is 0. The largest absolute Gasteiger partial charge is 0.495 e. The number of hydrogen-bond acceptors (Lipinski definition) is 6. The Morgan fingerprint density at radius 1 is 1.07 bits per heavy atom. The number of carbonyl (C=O) groups is 1. The minimum absolute atomic E-state index is 0.0842. The summed E-state index contributed by atoms with van der Waals surface area (Å²) in [6.45, 7) is 5.32. The fourth-order valence-corrected chi connectivity index (χ4v) is 4.64. The van der Waals surface area contributed by atoms with Crippen molar-refractivity contribution in [2.45, 2.75) is 25.2 Å². The van der Waals surface area contributed by atoms with Crippen LogP contribution < -0.4 is 19.5 Å². The Morgan fingerprint density at radius 2 is 1.77 bits per heavy atom. The molecule has 0 spiro atoms. The molecule has 0 unspecified atom stereocenters. The van der Waals surface area contributed by atoms with Crippen molar-refractivity contribution < 1.29 is 27.4 Å². The Hall–Kier alpha value is -2.78. The molecule has 1 amide bonds. The van der Waals surface area contributed by atoms with Gasteiger partial charge in [-0.1, -0.05) is 13.8 Å². The number of rotatable bonds is 7. The number of carbonyl (C=O) groups excluding carboxylic acids is 1. The standard InChI is InChI=1S/C21H26N2O6S/c1-4-23(5-2)30(25,26)16-8-10-18(27-3)17(14-16)22-21(24)15-7-9-19-20(13-15)29-12-6-11-28-19/h7-10,13-14H,4-6,11-12H2,1-3H3,(H,22,24). The van der Waals surface area contributed by atoms with Crippen LogP contribution in [-0.2, 0) is 10.0 Å². The van der Waals surface area contributed by atoms with Gasteiger partial charge in [-0.25, -0.2) is 8.42 Å². The van der Waals surface area contributed by atoms with Crippen LogP contribution in [0.25, 0.3) is 0 Å². The summed E-state index contributed by atoms with van der Waals surface area (Å²) in [5, 5.41) is 2.74. The Balaban J connectivity index is 1.90. The average Bonchev–Trinajstić information content (AvgIpc) is 2.99. The predicted molar refractivity (Wildman–Crippen MR) is 113 cm³/mol. The van der Waals surface area contributed by atoms with Crippen LogP contribution in [0.1, 0.15) is 30.6 Å². The predicted octanol–water partition coefficient (Wildman–Crippen LogP) is 3.14. The highest BCUT2D eigenvalue weighted by Gasteiger charge is 2.23. The molecule has 0 saturated carbocycles. The molecule has 0 saturated heterocycles. The van der Waals surface area contributed by atoms with Crippen LogP contribution in [-0.4, -0.2) is 52.0 Å². The highest BCUT2D eigenvalue weighted by Crippen LogP contribution is 2.32. The van der Waals surface area contributed by atoms with E-state index in [1.807, 2.05) is 0 Å². The number of sulfonamides is 1. The number of nitrogens with zero attached hydrogens (tertiary/aromatic N) is 1. The van der Waals surface area contributed by atoms with Gasteiger partial charge in [0.25, 0.3) is 5.91 Å². The molecule has 162 valence electrons. The molecule has 2 aromatic carbocycles. The second kappa shape index (κ2) is 9.36. The minimum atomic E-state index is -3.68. The van der Waals surface area contributed by atoms with Crippen molar-refractivity contribution in [1.82, 2.24) is 4.31 Å². The van der Waals surface area contributed by atoms with Crippen molar-refractivity contribution >= 4 is 21.6 Å². The van der Waals surface area contributed by atoms with Crippen molar-refractivity contribution in [3.8, 4) is 17.2 Å². The molecule has 0 atom stereocenters. The molecule has 1 aliphatic heterocycles. The molecular weight excluding hydrogens is 408 g/mol. The third kappa shape index (κ3) is 4.52. The summed E-state index contributed by atoms with van der Waals surface area (Å²) in [5.41, 5.74) is 0.626. The maximum atomic E-state index is 12.8. The van der Waals surface area contributed by atoms with E-state index < -0.39 is 15.9 Å². The van der Waals surface area contributed by atoms with Crippen molar-refractivity contribution in [1.29, 1.82) is 0 Å². The lowest BCUT2D eigenvalue weighted by molar-refractivity contribution is 0.102. The third-order valence-corrected chi connectivity index (χ3v) is 6.82. The Morgan fingerprint density at radius 3 is 2.43 bits per heavy atom. The van der Waals surface area contributed by atoms with Crippen molar-refractivity contribution in [2.24, 2.45) is 0 Å². The van der Waals surface area contributed by atoms with Crippen LogP contribution in [0.4, 0.5) is 5.69 Å². The van der Waals surface area contributed by atoms with Gasteiger partial charge in [0.15, 0.2) is 11.5 Å². The first-order chi connectivity index (χ1) is 14.4. The summed E-state index contributed by atoms with van der Waals surface area (Å²) in [6, 6.07) is 9.34. The van der Waals surface area contributed by atoms with E-state index in [2.05, 4.69) is 5.32 Å². The lowest BCUT2D eigenvalue weighted by atomic mass is 10.1. The highest BCUT2D eigenvalue weighted by atomic mass is 32.2. The number of anilines is 1. The summed E-state index contributed by atoms with van der Waals surface area (Å²) in [7, 11) is -2.22. The van der Waals surface area contributed by atoms with Crippen molar-refractivity contribution in [3.05, 3.63) is 42.0 Å². The van der Waals surface area contributed by atoms with E-state index in [9.17, 15) is 13.2 Å². The fourth-order valence-electron chi connectivity index (χ4n) is 3.16. The molecular formula is C21H26N2O6S. The van der Waals surface area contributed by atoms with E-state index in [1.165, 1.54) is 29.6 Å². The van der Waals surface area contributed by atoms with Crippen molar-refractivity contribution in [2.75, 3.05) is 38.7 Å². The molecule has 0 radical (unpaired) electrons. The molecule has 2 aromatic rings. The van der Waals surface area contributed by atoms with Gasteiger partial charge in [-0.05, 0) is 36.4 Å². The lowest BCUT2D eigenvalue weighted by Gasteiger charge is -2.19. The van der Waals surface area contributed by atoms with Crippen LogP contribution in [0, 0.1) is 0 Å². The fraction of sp³-hybridized carbons (Fsp3) is 0.381. The zero-order valence-electron chi connectivity index (χ0n) is 17.3. The molecule has 1 aliphatic rings. The molecule has 9 heteroatoms. The van der Waals surface area contributed by atoms with E-state index in [0.29, 0.717) is 49.1 Å². The molecule has 0 aromatic heterocycles. The van der Waals surface area contributed by atoms with Crippen LogP contribution >= 0.6 is 0 Å².